The van der Waals surface area contributed by atoms with Crippen LogP contribution in [0.5, 0.6) is 0 Å². The molecule has 0 bridgehead atoms. The highest BCUT2D eigenvalue weighted by atomic mass is 31.1. The Morgan fingerprint density at radius 3 is 2.29 bits per heavy atom. The molecule has 0 aliphatic heterocycles. The van der Waals surface area contributed by atoms with Gasteiger partial charge in [-0.25, -0.2) is 0 Å². The predicted molar refractivity (Wildman–Crippen MR) is 33.6 cm³/mol. The van der Waals surface area contributed by atoms with Gasteiger partial charge in [0.2, 0.25) is 0 Å². The van der Waals surface area contributed by atoms with E-state index in [9.17, 15) is 0 Å². The van der Waals surface area contributed by atoms with Crippen LogP contribution < -0.4 is 5.09 Å². The normalized spacial score (nSPS) is 12.0. The van der Waals surface area contributed by atoms with Gasteiger partial charge in [0.25, 0.3) is 0 Å². The second-order valence-corrected chi connectivity index (χ2v) is 2.51. The van der Waals surface area contributed by atoms with E-state index in [1.807, 2.05) is 0 Å². The Hall–Kier alpha value is 0.350. The minimum absolute atomic E-state index is 0.445. The molecule has 0 rings (SSSR count). The lowest BCUT2D eigenvalue weighted by molar-refractivity contribution is 0.463. The Kier molecular flexibility index (Phi) is 4.73. The number of nitrogens with one attached hydrogen (secondary N) is 1. The summed E-state index contributed by atoms with van der Waals surface area (Å²) in [5.41, 5.74) is 0. The summed E-state index contributed by atoms with van der Waals surface area (Å²) in [4.78, 5) is 0. The summed E-state index contributed by atoms with van der Waals surface area (Å²) in [6.07, 6.45) is 0. The van der Waals surface area contributed by atoms with Gasteiger partial charge < -0.3 is 4.52 Å². The van der Waals surface area contributed by atoms with Crippen molar-refractivity contribution in [3.05, 3.63) is 0 Å². The Morgan fingerprint density at radius 1 is 1.57 bits per heavy atom. The van der Waals surface area contributed by atoms with Crippen molar-refractivity contribution in [3.8, 4) is 0 Å². The van der Waals surface area contributed by atoms with Crippen LogP contribution in [0, 0.1) is 0 Å². The fourth-order valence-electron chi connectivity index (χ4n) is 0.177. The van der Waals surface area contributed by atoms with E-state index in [1.54, 1.807) is 7.11 Å². The standard InChI is InChI=1S/C4H12NOP/c1-4(2)5-7-6-3/h4-5,7H,1-3H3. The zero-order valence-electron chi connectivity index (χ0n) is 4.99. The summed E-state index contributed by atoms with van der Waals surface area (Å²) in [6.45, 7) is 4.18. The zero-order chi connectivity index (χ0) is 5.70. The first-order valence-corrected chi connectivity index (χ1v) is 3.21. The Labute approximate surface area is 46.6 Å². The van der Waals surface area contributed by atoms with E-state index in [4.69, 9.17) is 4.52 Å². The third kappa shape index (κ3) is 6.35. The van der Waals surface area contributed by atoms with Crippen molar-refractivity contribution in [2.75, 3.05) is 7.11 Å². The van der Waals surface area contributed by atoms with Gasteiger partial charge in [-0.15, -0.1) is 0 Å². The lowest BCUT2D eigenvalue weighted by Crippen LogP contribution is -2.11. The van der Waals surface area contributed by atoms with E-state index < -0.39 is 0 Å². The molecule has 0 aromatic heterocycles. The Bertz CT molecular complexity index is 40.7. The van der Waals surface area contributed by atoms with Crippen LogP contribution in [-0.2, 0) is 4.52 Å². The van der Waals surface area contributed by atoms with Crippen molar-refractivity contribution in [1.29, 1.82) is 0 Å². The van der Waals surface area contributed by atoms with Crippen molar-refractivity contribution in [2.45, 2.75) is 19.9 Å². The van der Waals surface area contributed by atoms with Gasteiger partial charge in [-0.1, -0.05) is 0 Å². The molecule has 2 nitrogen and oxygen atoms in total. The predicted octanol–water partition coefficient (Wildman–Crippen LogP) is 1.14. The highest BCUT2D eigenvalue weighted by Gasteiger charge is 1.85. The monoisotopic (exact) mass is 121 g/mol. The molecule has 0 aliphatic carbocycles. The molecule has 1 atom stereocenters. The third-order valence-corrected chi connectivity index (χ3v) is 1.35. The maximum Gasteiger partial charge on any atom is 0.0859 e. The molecule has 0 aliphatic rings. The molecular weight excluding hydrogens is 109 g/mol. The molecule has 0 heterocycles. The van der Waals surface area contributed by atoms with Gasteiger partial charge in [0.1, 0.15) is 0 Å². The zero-order valence-corrected chi connectivity index (χ0v) is 5.99. The van der Waals surface area contributed by atoms with Crippen LogP contribution in [0.4, 0.5) is 0 Å². The molecule has 44 valence electrons. The van der Waals surface area contributed by atoms with Crippen LogP contribution in [-0.4, -0.2) is 13.2 Å². The molecule has 0 fully saturated rings. The summed E-state index contributed by atoms with van der Waals surface area (Å²) in [6, 6.07) is 0.540. The van der Waals surface area contributed by atoms with Gasteiger partial charge in [0, 0.05) is 13.2 Å². The van der Waals surface area contributed by atoms with Crippen molar-refractivity contribution in [2.24, 2.45) is 0 Å². The lowest BCUT2D eigenvalue weighted by atomic mass is 10.4. The van der Waals surface area contributed by atoms with Gasteiger partial charge >= 0.3 is 0 Å². The van der Waals surface area contributed by atoms with E-state index in [2.05, 4.69) is 18.9 Å². The van der Waals surface area contributed by atoms with E-state index in [0.29, 0.717) is 15.0 Å². The van der Waals surface area contributed by atoms with E-state index in [0.717, 1.165) is 0 Å². The average molecular weight is 121 g/mol. The molecule has 0 aromatic rings. The smallest absolute Gasteiger partial charge is 0.0859 e. The molecule has 0 amide bonds. The largest absolute Gasteiger partial charge is 0.350 e. The molecule has 0 saturated carbocycles. The highest BCUT2D eigenvalue weighted by molar-refractivity contribution is 7.29. The maximum absolute atomic E-state index is 4.77. The molecule has 0 saturated heterocycles. The molecular formula is C4H12NOP. The summed E-state index contributed by atoms with van der Waals surface area (Å²) in [5.74, 6) is 0. The van der Waals surface area contributed by atoms with Crippen molar-refractivity contribution < 1.29 is 4.52 Å². The number of rotatable bonds is 3. The fraction of sp³-hybridized carbons (Fsp3) is 1.00. The molecule has 1 N–H and O–H groups in total. The average Bonchev–Trinajstić information content (AvgIpc) is 1.61. The molecule has 7 heavy (non-hydrogen) atoms. The third-order valence-electron chi connectivity index (χ3n) is 0.450. The van der Waals surface area contributed by atoms with Crippen LogP contribution in [0.2, 0.25) is 0 Å². The number of hydrogen-bond donors (Lipinski definition) is 1. The van der Waals surface area contributed by atoms with E-state index in [1.165, 1.54) is 0 Å². The topological polar surface area (TPSA) is 21.3 Å². The minimum atomic E-state index is 0.445. The molecule has 0 spiro atoms. The minimum Gasteiger partial charge on any atom is -0.350 e. The van der Waals surface area contributed by atoms with Gasteiger partial charge in [-0.3, -0.25) is 5.09 Å². The molecule has 0 radical (unpaired) electrons. The van der Waals surface area contributed by atoms with Crippen molar-refractivity contribution in [3.63, 3.8) is 0 Å². The van der Waals surface area contributed by atoms with E-state index >= 15 is 0 Å². The molecule has 1 unspecified atom stereocenters. The first kappa shape index (κ1) is 7.35. The second-order valence-electron chi connectivity index (χ2n) is 1.61. The van der Waals surface area contributed by atoms with Crippen LogP contribution in [0.15, 0.2) is 0 Å². The van der Waals surface area contributed by atoms with Crippen molar-refractivity contribution in [1.82, 2.24) is 5.09 Å². The summed E-state index contributed by atoms with van der Waals surface area (Å²) >= 11 is 0. The summed E-state index contributed by atoms with van der Waals surface area (Å²) < 4.78 is 4.77. The first-order valence-electron chi connectivity index (χ1n) is 2.31. The van der Waals surface area contributed by atoms with E-state index in [-0.39, 0.29) is 0 Å². The fourth-order valence-corrected chi connectivity index (χ4v) is 0.530. The maximum atomic E-state index is 4.77. The van der Waals surface area contributed by atoms with Crippen LogP contribution in [0.25, 0.3) is 0 Å². The molecule has 0 aromatic carbocycles. The second kappa shape index (κ2) is 4.51. The van der Waals surface area contributed by atoms with Crippen molar-refractivity contribution >= 4 is 8.96 Å². The van der Waals surface area contributed by atoms with Gasteiger partial charge in [0.15, 0.2) is 0 Å². The number of hydrogen-bond acceptors (Lipinski definition) is 2. The van der Waals surface area contributed by atoms with Gasteiger partial charge in [-0.2, -0.15) is 0 Å². The molecule has 3 heteroatoms. The Balaban J connectivity index is 2.68. The lowest BCUT2D eigenvalue weighted by Gasteiger charge is -2.03. The SMILES string of the molecule is COPNC(C)C. The Morgan fingerprint density at radius 2 is 2.14 bits per heavy atom. The van der Waals surface area contributed by atoms with Crippen LogP contribution in [0.1, 0.15) is 13.8 Å². The highest BCUT2D eigenvalue weighted by Crippen LogP contribution is 2.02. The summed E-state index contributed by atoms with van der Waals surface area (Å²) in [5, 5.41) is 3.10. The van der Waals surface area contributed by atoms with Crippen LogP contribution in [0.3, 0.4) is 0 Å². The summed E-state index contributed by atoms with van der Waals surface area (Å²) in [7, 11) is 2.13. The first-order chi connectivity index (χ1) is 3.27. The quantitative estimate of drug-likeness (QED) is 0.565. The van der Waals surface area contributed by atoms with Crippen LogP contribution >= 0.6 is 8.96 Å². The van der Waals surface area contributed by atoms with Gasteiger partial charge in [0.05, 0.1) is 8.96 Å². The van der Waals surface area contributed by atoms with Gasteiger partial charge in [-0.05, 0) is 13.8 Å².